The zero-order valence-electron chi connectivity index (χ0n) is 15.1. The lowest BCUT2D eigenvalue weighted by atomic mass is 10.6. The summed E-state index contributed by atoms with van der Waals surface area (Å²) >= 11 is 7.13. The fourth-order valence-corrected chi connectivity index (χ4v) is 5.16. The summed E-state index contributed by atoms with van der Waals surface area (Å²) in [6.45, 7) is 8.77. The van der Waals surface area contributed by atoms with Gasteiger partial charge in [-0.25, -0.2) is 7.42 Å². The maximum atomic E-state index is 4.73. The molecule has 0 amide bonds. The SMILES string of the molecule is CCCSN(SCCC)c1ncnc(N(SCCC)SCCC)n1. The van der Waals surface area contributed by atoms with Crippen LogP contribution in [0.5, 0.6) is 0 Å². The van der Waals surface area contributed by atoms with Gasteiger partial charge in [-0.05, 0) is 73.5 Å². The van der Waals surface area contributed by atoms with Crippen molar-refractivity contribution in [1.82, 2.24) is 15.0 Å². The van der Waals surface area contributed by atoms with Crippen molar-refractivity contribution in [3.8, 4) is 0 Å². The van der Waals surface area contributed by atoms with E-state index in [1.807, 2.05) is 0 Å². The van der Waals surface area contributed by atoms with Crippen LogP contribution in [0.15, 0.2) is 6.33 Å². The van der Waals surface area contributed by atoms with Gasteiger partial charge >= 0.3 is 0 Å². The average molecular weight is 408 g/mol. The van der Waals surface area contributed by atoms with Crippen molar-refractivity contribution in [3.63, 3.8) is 0 Å². The molecule has 0 fully saturated rings. The molecule has 0 spiro atoms. The van der Waals surface area contributed by atoms with Gasteiger partial charge in [-0.3, -0.25) is 0 Å². The number of hydrogen-bond donors (Lipinski definition) is 0. The lowest BCUT2D eigenvalue weighted by Gasteiger charge is -2.22. The second-order valence-electron chi connectivity index (χ2n) is 4.93. The average Bonchev–Trinajstić information content (AvgIpc) is 2.62. The molecule has 0 radical (unpaired) electrons. The van der Waals surface area contributed by atoms with Crippen LogP contribution in [-0.2, 0) is 0 Å². The summed E-state index contributed by atoms with van der Waals surface area (Å²) < 4.78 is 4.29. The van der Waals surface area contributed by atoms with Gasteiger partial charge in [0.2, 0.25) is 0 Å². The van der Waals surface area contributed by atoms with E-state index >= 15 is 0 Å². The van der Waals surface area contributed by atoms with E-state index in [1.54, 1.807) is 54.1 Å². The fourth-order valence-electron chi connectivity index (χ4n) is 1.46. The standard InChI is InChI=1S/C15H29N5S4/c1-5-9-21-19(22-10-6-2)14-16-13-17-15(18-14)20(23-11-7-3)24-12-8-4/h13H,5-12H2,1-4H3. The van der Waals surface area contributed by atoms with Gasteiger partial charge in [0.25, 0.3) is 11.9 Å². The molecule has 0 aliphatic rings. The Morgan fingerprint density at radius 3 is 1.29 bits per heavy atom. The van der Waals surface area contributed by atoms with Crippen molar-refractivity contribution in [1.29, 1.82) is 0 Å². The molecule has 1 aromatic rings. The molecule has 0 atom stereocenters. The third-order valence-electron chi connectivity index (χ3n) is 2.52. The van der Waals surface area contributed by atoms with E-state index in [0.717, 1.165) is 60.6 Å². The summed E-state index contributed by atoms with van der Waals surface area (Å²) in [5.41, 5.74) is 0. The van der Waals surface area contributed by atoms with E-state index in [0.29, 0.717) is 0 Å². The highest BCUT2D eigenvalue weighted by atomic mass is 32.2. The maximum absolute atomic E-state index is 4.73. The molecule has 24 heavy (non-hydrogen) atoms. The zero-order valence-corrected chi connectivity index (χ0v) is 18.4. The molecular formula is C15H29N5S4. The minimum Gasteiger partial charge on any atom is -0.225 e. The first-order valence-corrected chi connectivity index (χ1v) is 12.3. The minimum atomic E-state index is 0.746. The number of anilines is 2. The maximum Gasteiger partial charge on any atom is 0.251 e. The van der Waals surface area contributed by atoms with Crippen molar-refractivity contribution in [2.24, 2.45) is 0 Å². The number of hydrogen-bond acceptors (Lipinski definition) is 9. The quantitative estimate of drug-likeness (QED) is 0.360. The Morgan fingerprint density at radius 1 is 0.667 bits per heavy atom. The van der Waals surface area contributed by atoms with Crippen LogP contribution in [-0.4, -0.2) is 38.0 Å². The van der Waals surface area contributed by atoms with Gasteiger partial charge in [0.1, 0.15) is 6.33 Å². The summed E-state index contributed by atoms with van der Waals surface area (Å²) in [7, 11) is 0. The third-order valence-corrected chi connectivity index (χ3v) is 7.74. The van der Waals surface area contributed by atoms with Crippen molar-refractivity contribution in [2.45, 2.75) is 53.4 Å². The molecule has 138 valence electrons. The molecule has 9 heteroatoms. The van der Waals surface area contributed by atoms with Crippen LogP contribution in [0.4, 0.5) is 11.9 Å². The topological polar surface area (TPSA) is 45.2 Å². The summed E-state index contributed by atoms with van der Waals surface area (Å²) in [4.78, 5) is 13.5. The van der Waals surface area contributed by atoms with Gasteiger partial charge in [-0.15, -0.1) is 0 Å². The van der Waals surface area contributed by atoms with Gasteiger partial charge in [0.15, 0.2) is 0 Å². The Bertz CT molecular complexity index is 387. The van der Waals surface area contributed by atoms with Crippen molar-refractivity contribution in [3.05, 3.63) is 6.33 Å². The Morgan fingerprint density at radius 2 is 1.00 bits per heavy atom. The highest BCUT2D eigenvalue weighted by molar-refractivity contribution is 8.18. The van der Waals surface area contributed by atoms with Crippen LogP contribution in [0.1, 0.15) is 53.4 Å². The Hall–Kier alpha value is 0.01000. The van der Waals surface area contributed by atoms with Crippen LogP contribution >= 0.6 is 47.8 Å². The largest absolute Gasteiger partial charge is 0.251 e. The summed E-state index contributed by atoms with van der Waals surface area (Å²) in [5.74, 6) is 5.76. The van der Waals surface area contributed by atoms with E-state index < -0.39 is 0 Å². The number of rotatable bonds is 14. The van der Waals surface area contributed by atoms with Crippen molar-refractivity contribution in [2.75, 3.05) is 30.4 Å². The third kappa shape index (κ3) is 8.40. The fraction of sp³-hybridized carbons (Fsp3) is 0.800. The molecule has 0 bridgehead atoms. The van der Waals surface area contributed by atoms with Gasteiger partial charge in [-0.1, -0.05) is 27.7 Å². The molecular weight excluding hydrogens is 378 g/mol. The molecule has 1 rings (SSSR count). The van der Waals surface area contributed by atoms with Gasteiger partial charge in [-0.2, -0.15) is 15.0 Å². The molecule has 0 aromatic carbocycles. The van der Waals surface area contributed by atoms with E-state index in [4.69, 9.17) is 4.98 Å². The number of aromatic nitrogens is 3. The first-order valence-electron chi connectivity index (χ1n) is 8.57. The molecule has 0 aliphatic heterocycles. The Labute approximate surface area is 164 Å². The molecule has 0 saturated carbocycles. The van der Waals surface area contributed by atoms with E-state index in [2.05, 4.69) is 45.1 Å². The van der Waals surface area contributed by atoms with Crippen LogP contribution in [0.25, 0.3) is 0 Å². The zero-order chi connectivity index (χ0) is 17.6. The smallest absolute Gasteiger partial charge is 0.225 e. The highest BCUT2D eigenvalue weighted by Crippen LogP contribution is 2.32. The van der Waals surface area contributed by atoms with E-state index in [1.165, 1.54) is 0 Å². The molecule has 0 N–H and O–H groups in total. The predicted molar refractivity (Wildman–Crippen MR) is 116 cm³/mol. The molecule has 5 nitrogen and oxygen atoms in total. The predicted octanol–water partition coefficient (Wildman–Crippen LogP) is 5.72. The Kier molecular flexibility index (Phi) is 13.1. The van der Waals surface area contributed by atoms with Gasteiger partial charge in [0, 0.05) is 23.0 Å². The van der Waals surface area contributed by atoms with Gasteiger partial charge in [0.05, 0.1) is 0 Å². The van der Waals surface area contributed by atoms with Crippen molar-refractivity contribution < 1.29 is 0 Å². The first-order chi connectivity index (χ1) is 11.8. The number of nitrogens with zero attached hydrogens (tertiary/aromatic N) is 5. The summed E-state index contributed by atoms with van der Waals surface area (Å²) in [6, 6.07) is 0. The highest BCUT2D eigenvalue weighted by Gasteiger charge is 2.16. The van der Waals surface area contributed by atoms with Crippen molar-refractivity contribution >= 4 is 59.7 Å². The second kappa shape index (κ2) is 14.2. The monoisotopic (exact) mass is 407 g/mol. The van der Waals surface area contributed by atoms with E-state index in [-0.39, 0.29) is 0 Å². The van der Waals surface area contributed by atoms with E-state index in [9.17, 15) is 0 Å². The minimum absolute atomic E-state index is 0.746. The molecule has 1 aromatic heterocycles. The van der Waals surface area contributed by atoms with Crippen LogP contribution in [0.2, 0.25) is 0 Å². The lowest BCUT2D eigenvalue weighted by Crippen LogP contribution is -2.15. The van der Waals surface area contributed by atoms with Crippen LogP contribution in [0.3, 0.4) is 0 Å². The lowest BCUT2D eigenvalue weighted by molar-refractivity contribution is 1.04. The molecule has 0 unspecified atom stereocenters. The van der Waals surface area contributed by atoms with Crippen LogP contribution < -0.4 is 7.42 Å². The molecule has 1 heterocycles. The summed E-state index contributed by atoms with van der Waals surface area (Å²) in [5, 5.41) is 0. The summed E-state index contributed by atoms with van der Waals surface area (Å²) in [6.07, 6.45) is 6.18. The molecule has 0 saturated heterocycles. The van der Waals surface area contributed by atoms with Gasteiger partial charge < -0.3 is 0 Å². The first kappa shape index (κ1) is 22.1. The second-order valence-corrected chi connectivity index (χ2v) is 9.52. The normalized spacial score (nSPS) is 10.8. The Balaban J connectivity index is 2.88. The van der Waals surface area contributed by atoms with Crippen LogP contribution in [0, 0.1) is 0 Å². The molecule has 0 aliphatic carbocycles.